The van der Waals surface area contributed by atoms with Crippen LogP contribution in [0.1, 0.15) is 11.1 Å². The predicted molar refractivity (Wildman–Crippen MR) is 89.1 cm³/mol. The van der Waals surface area contributed by atoms with Gasteiger partial charge in [-0.05, 0) is 55.3 Å². The van der Waals surface area contributed by atoms with Crippen LogP contribution in [0.5, 0.6) is 0 Å². The molecule has 0 aliphatic rings. The van der Waals surface area contributed by atoms with Gasteiger partial charge in [-0.1, -0.05) is 15.9 Å². The van der Waals surface area contributed by atoms with E-state index in [0.29, 0.717) is 11.4 Å². The average molecular weight is 370 g/mol. The SMILES string of the molecule is Cc1cc(Br)cc(C)c1Nc1cc(S(N)(=O)=O)ccc1N. The minimum Gasteiger partial charge on any atom is -0.397 e. The van der Waals surface area contributed by atoms with Crippen LogP contribution in [0.25, 0.3) is 0 Å². The van der Waals surface area contributed by atoms with E-state index in [1.54, 1.807) is 0 Å². The Hall–Kier alpha value is -1.57. The highest BCUT2D eigenvalue weighted by molar-refractivity contribution is 9.10. The van der Waals surface area contributed by atoms with Crippen LogP contribution in [0.3, 0.4) is 0 Å². The maximum Gasteiger partial charge on any atom is 0.238 e. The molecule has 0 bridgehead atoms. The minimum absolute atomic E-state index is 0.0200. The maximum absolute atomic E-state index is 11.4. The molecule has 5 N–H and O–H groups in total. The van der Waals surface area contributed by atoms with Crippen molar-refractivity contribution in [3.63, 3.8) is 0 Å². The van der Waals surface area contributed by atoms with Crippen LogP contribution in [0.15, 0.2) is 39.7 Å². The van der Waals surface area contributed by atoms with Gasteiger partial charge in [0.05, 0.1) is 16.3 Å². The topological polar surface area (TPSA) is 98.2 Å². The molecule has 0 unspecified atom stereocenters. The van der Waals surface area contributed by atoms with E-state index >= 15 is 0 Å². The van der Waals surface area contributed by atoms with Crippen LogP contribution >= 0.6 is 15.9 Å². The van der Waals surface area contributed by atoms with Crippen molar-refractivity contribution in [1.82, 2.24) is 0 Å². The van der Waals surface area contributed by atoms with Crippen molar-refractivity contribution in [1.29, 1.82) is 0 Å². The number of nitrogens with one attached hydrogen (secondary N) is 1. The first-order chi connectivity index (χ1) is 9.68. The summed E-state index contributed by atoms with van der Waals surface area (Å²) in [5.74, 6) is 0. The van der Waals surface area contributed by atoms with Gasteiger partial charge in [0.1, 0.15) is 0 Å². The van der Waals surface area contributed by atoms with Gasteiger partial charge in [0.2, 0.25) is 10.0 Å². The van der Waals surface area contributed by atoms with Crippen LogP contribution in [0.2, 0.25) is 0 Å². The summed E-state index contributed by atoms with van der Waals surface area (Å²) in [7, 11) is -3.76. The van der Waals surface area contributed by atoms with E-state index < -0.39 is 10.0 Å². The Balaban J connectivity index is 2.50. The standard InChI is InChI=1S/C14H16BrN3O2S/c1-8-5-10(15)6-9(2)14(8)18-13-7-11(21(17,19)20)3-4-12(13)16/h3-7,18H,16H2,1-2H3,(H2,17,19,20). The Morgan fingerprint density at radius 1 is 1.10 bits per heavy atom. The summed E-state index contributed by atoms with van der Waals surface area (Å²) in [5, 5.41) is 8.33. The summed E-state index contributed by atoms with van der Waals surface area (Å²) in [6.45, 7) is 3.92. The van der Waals surface area contributed by atoms with Gasteiger partial charge >= 0.3 is 0 Å². The average Bonchev–Trinajstić information content (AvgIpc) is 2.34. The van der Waals surface area contributed by atoms with Gasteiger partial charge in [-0.25, -0.2) is 13.6 Å². The van der Waals surface area contributed by atoms with Gasteiger partial charge in [-0.15, -0.1) is 0 Å². The number of benzene rings is 2. The number of sulfonamides is 1. The normalized spacial score (nSPS) is 11.4. The van der Waals surface area contributed by atoms with E-state index in [1.807, 2.05) is 26.0 Å². The number of anilines is 3. The molecule has 21 heavy (non-hydrogen) atoms. The lowest BCUT2D eigenvalue weighted by Gasteiger charge is -2.15. The van der Waals surface area contributed by atoms with Gasteiger partial charge in [0.15, 0.2) is 0 Å². The third-order valence-corrected chi connectivity index (χ3v) is 4.48. The lowest BCUT2D eigenvalue weighted by Crippen LogP contribution is -2.12. The van der Waals surface area contributed by atoms with Gasteiger partial charge in [-0.2, -0.15) is 0 Å². The molecule has 0 spiro atoms. The van der Waals surface area contributed by atoms with Gasteiger partial charge in [0.25, 0.3) is 0 Å². The molecule has 0 saturated carbocycles. The Morgan fingerprint density at radius 2 is 1.67 bits per heavy atom. The molecule has 5 nitrogen and oxygen atoms in total. The Kier molecular flexibility index (Phi) is 4.27. The first-order valence-electron chi connectivity index (χ1n) is 6.14. The van der Waals surface area contributed by atoms with Crippen LogP contribution in [0.4, 0.5) is 17.1 Å². The minimum atomic E-state index is -3.76. The van der Waals surface area contributed by atoms with E-state index in [0.717, 1.165) is 21.3 Å². The molecule has 0 atom stereocenters. The first kappa shape index (κ1) is 15.8. The molecule has 2 aromatic carbocycles. The highest BCUT2D eigenvalue weighted by Crippen LogP contribution is 2.31. The van der Waals surface area contributed by atoms with Crippen molar-refractivity contribution in [2.24, 2.45) is 5.14 Å². The van der Waals surface area contributed by atoms with Crippen LogP contribution in [0, 0.1) is 13.8 Å². The van der Waals surface area contributed by atoms with E-state index in [1.165, 1.54) is 18.2 Å². The second-order valence-corrected chi connectivity index (χ2v) is 7.31. The monoisotopic (exact) mass is 369 g/mol. The fraction of sp³-hybridized carbons (Fsp3) is 0.143. The van der Waals surface area contributed by atoms with Crippen molar-refractivity contribution in [2.45, 2.75) is 18.7 Å². The fourth-order valence-electron chi connectivity index (χ4n) is 2.06. The molecular formula is C14H16BrN3O2S. The molecule has 0 fully saturated rings. The van der Waals surface area contributed by atoms with Crippen molar-refractivity contribution < 1.29 is 8.42 Å². The van der Waals surface area contributed by atoms with Crippen molar-refractivity contribution in [3.05, 3.63) is 45.9 Å². The Morgan fingerprint density at radius 3 is 2.19 bits per heavy atom. The lowest BCUT2D eigenvalue weighted by molar-refractivity contribution is 0.598. The molecule has 0 saturated heterocycles. The van der Waals surface area contributed by atoms with Gasteiger partial charge in [0, 0.05) is 10.2 Å². The highest BCUT2D eigenvalue weighted by atomic mass is 79.9. The summed E-state index contributed by atoms with van der Waals surface area (Å²) in [6, 6.07) is 8.28. The molecule has 112 valence electrons. The molecule has 0 aliphatic heterocycles. The zero-order chi connectivity index (χ0) is 15.8. The number of halogens is 1. The summed E-state index contributed by atoms with van der Waals surface area (Å²) >= 11 is 3.44. The molecule has 0 aromatic heterocycles. The quantitative estimate of drug-likeness (QED) is 0.724. The molecule has 2 rings (SSSR count). The van der Waals surface area contributed by atoms with Crippen LogP contribution in [-0.4, -0.2) is 8.42 Å². The smallest absolute Gasteiger partial charge is 0.238 e. The van der Waals surface area contributed by atoms with Crippen molar-refractivity contribution in [2.75, 3.05) is 11.1 Å². The summed E-state index contributed by atoms with van der Waals surface area (Å²) in [6.07, 6.45) is 0. The summed E-state index contributed by atoms with van der Waals surface area (Å²) in [5.41, 5.74) is 9.78. The van der Waals surface area contributed by atoms with Gasteiger partial charge in [-0.3, -0.25) is 0 Å². The summed E-state index contributed by atoms with van der Waals surface area (Å²) < 4.78 is 23.8. The number of rotatable bonds is 3. The second kappa shape index (κ2) is 5.67. The molecule has 0 aliphatic carbocycles. The predicted octanol–water partition coefficient (Wildman–Crippen LogP) is 3.04. The zero-order valence-electron chi connectivity index (χ0n) is 11.6. The molecule has 0 heterocycles. The third kappa shape index (κ3) is 3.55. The fourth-order valence-corrected chi connectivity index (χ4v) is 3.29. The number of hydrogen-bond donors (Lipinski definition) is 3. The number of hydrogen-bond acceptors (Lipinski definition) is 4. The van der Waals surface area contributed by atoms with Crippen LogP contribution in [-0.2, 0) is 10.0 Å². The molecule has 0 radical (unpaired) electrons. The van der Waals surface area contributed by atoms with E-state index in [2.05, 4.69) is 21.2 Å². The van der Waals surface area contributed by atoms with E-state index in [4.69, 9.17) is 10.9 Å². The number of aryl methyl sites for hydroxylation is 2. The lowest BCUT2D eigenvalue weighted by atomic mass is 10.1. The largest absolute Gasteiger partial charge is 0.397 e. The molecule has 0 amide bonds. The first-order valence-corrected chi connectivity index (χ1v) is 8.48. The molecular weight excluding hydrogens is 354 g/mol. The van der Waals surface area contributed by atoms with Gasteiger partial charge < -0.3 is 11.1 Å². The van der Waals surface area contributed by atoms with Crippen molar-refractivity contribution >= 4 is 43.0 Å². The summed E-state index contributed by atoms with van der Waals surface area (Å²) in [4.78, 5) is 0.0200. The zero-order valence-corrected chi connectivity index (χ0v) is 14.0. The molecule has 7 heteroatoms. The Labute approximate surface area is 132 Å². The Bertz CT molecular complexity index is 781. The van der Waals surface area contributed by atoms with Crippen LogP contribution < -0.4 is 16.2 Å². The third-order valence-electron chi connectivity index (χ3n) is 3.11. The van der Waals surface area contributed by atoms with Crippen molar-refractivity contribution in [3.8, 4) is 0 Å². The maximum atomic E-state index is 11.4. The number of primary sulfonamides is 1. The molecule has 2 aromatic rings. The highest BCUT2D eigenvalue weighted by Gasteiger charge is 2.12. The van der Waals surface area contributed by atoms with E-state index in [9.17, 15) is 8.42 Å². The number of nitrogens with two attached hydrogens (primary N) is 2. The van der Waals surface area contributed by atoms with E-state index in [-0.39, 0.29) is 4.90 Å². The second-order valence-electron chi connectivity index (χ2n) is 4.83. The number of nitrogen functional groups attached to an aromatic ring is 1.